The van der Waals surface area contributed by atoms with Crippen molar-refractivity contribution in [3.63, 3.8) is 0 Å². The number of carbonyl (C=O) groups excluding carboxylic acids is 2. The summed E-state index contributed by atoms with van der Waals surface area (Å²) >= 11 is 5.74. The second-order valence-electron chi connectivity index (χ2n) is 3.89. The van der Waals surface area contributed by atoms with Crippen molar-refractivity contribution in [2.45, 2.75) is 12.8 Å². The molecule has 0 atom stereocenters. The minimum Gasteiger partial charge on any atom is -0.370 e. The van der Waals surface area contributed by atoms with E-state index < -0.39 is 11.7 Å². The first-order chi connectivity index (χ1) is 8.09. The summed E-state index contributed by atoms with van der Waals surface area (Å²) in [5.74, 6) is -1.81. The lowest BCUT2D eigenvalue weighted by Gasteiger charge is -2.19. The molecular weight excluding hydrogens is 242 g/mol. The van der Waals surface area contributed by atoms with E-state index in [4.69, 9.17) is 17.3 Å². The summed E-state index contributed by atoms with van der Waals surface area (Å²) in [6.07, 6.45) is 2.12. The van der Waals surface area contributed by atoms with E-state index in [1.807, 2.05) is 4.90 Å². The van der Waals surface area contributed by atoms with Crippen molar-refractivity contribution >= 4 is 29.0 Å². The summed E-state index contributed by atoms with van der Waals surface area (Å²) in [5, 5.41) is 0.178. The third kappa shape index (κ3) is 2.39. The van der Waals surface area contributed by atoms with E-state index in [2.05, 4.69) is 4.98 Å². The van der Waals surface area contributed by atoms with Crippen LogP contribution in [0.25, 0.3) is 0 Å². The monoisotopic (exact) mass is 253 g/mol. The molecule has 2 N–H and O–H groups in total. The predicted molar refractivity (Wildman–Crippen MR) is 64.2 cm³/mol. The number of rotatable bonds is 3. The van der Waals surface area contributed by atoms with Gasteiger partial charge >= 0.3 is 0 Å². The molecule has 1 aliphatic heterocycles. The smallest absolute Gasteiger partial charge is 0.291 e. The van der Waals surface area contributed by atoms with Crippen LogP contribution in [0.2, 0.25) is 5.15 Å². The highest BCUT2D eigenvalue weighted by Crippen LogP contribution is 2.25. The van der Waals surface area contributed by atoms with Gasteiger partial charge in [-0.15, -0.1) is 0 Å². The number of ketones is 1. The molecule has 6 heteroatoms. The summed E-state index contributed by atoms with van der Waals surface area (Å²) in [7, 11) is 0. The van der Waals surface area contributed by atoms with Crippen molar-refractivity contribution in [1.82, 2.24) is 4.98 Å². The van der Waals surface area contributed by atoms with Crippen molar-refractivity contribution in [2.24, 2.45) is 5.73 Å². The van der Waals surface area contributed by atoms with Crippen LogP contribution in [0.4, 0.5) is 5.69 Å². The molecule has 2 rings (SSSR count). The van der Waals surface area contributed by atoms with Gasteiger partial charge in [0.1, 0.15) is 10.8 Å². The summed E-state index contributed by atoms with van der Waals surface area (Å²) in [5.41, 5.74) is 5.68. The molecule has 90 valence electrons. The van der Waals surface area contributed by atoms with E-state index in [9.17, 15) is 9.59 Å². The topological polar surface area (TPSA) is 76.3 Å². The van der Waals surface area contributed by atoms with E-state index in [0.29, 0.717) is 5.69 Å². The zero-order chi connectivity index (χ0) is 12.4. The number of carbonyl (C=O) groups is 2. The number of hydrogen-bond donors (Lipinski definition) is 1. The molecule has 2 heterocycles. The van der Waals surface area contributed by atoms with Crippen LogP contribution >= 0.6 is 11.6 Å². The first-order valence-corrected chi connectivity index (χ1v) is 5.73. The van der Waals surface area contributed by atoms with Gasteiger partial charge in [0, 0.05) is 13.1 Å². The number of amides is 1. The minimum absolute atomic E-state index is 0.0481. The summed E-state index contributed by atoms with van der Waals surface area (Å²) in [4.78, 5) is 28.5. The summed E-state index contributed by atoms with van der Waals surface area (Å²) in [6.45, 7) is 1.70. The molecule has 5 nitrogen and oxygen atoms in total. The van der Waals surface area contributed by atoms with Gasteiger partial charge in [0.05, 0.1) is 5.69 Å². The van der Waals surface area contributed by atoms with Crippen molar-refractivity contribution in [1.29, 1.82) is 0 Å². The molecule has 1 saturated heterocycles. The average Bonchev–Trinajstić information content (AvgIpc) is 2.81. The molecular formula is C11H12ClN3O2. The lowest BCUT2D eigenvalue weighted by molar-refractivity contribution is -0.114. The fraction of sp³-hybridized carbons (Fsp3) is 0.364. The number of nitrogens with zero attached hydrogens (tertiary/aromatic N) is 2. The van der Waals surface area contributed by atoms with Gasteiger partial charge in [-0.3, -0.25) is 9.59 Å². The van der Waals surface area contributed by atoms with E-state index in [0.717, 1.165) is 25.9 Å². The number of nitrogens with two attached hydrogens (primary N) is 1. The maximum Gasteiger partial charge on any atom is 0.291 e. The van der Waals surface area contributed by atoms with Crippen LogP contribution in [0, 0.1) is 0 Å². The standard InChI is InChI=1S/C11H12ClN3O2/c12-8-4-3-7(15-5-1-2-6-15)9(14-8)10(16)11(13)17/h3-4H,1-2,5-6H2,(H2,13,17). The first kappa shape index (κ1) is 11.9. The number of aromatic nitrogens is 1. The van der Waals surface area contributed by atoms with Crippen molar-refractivity contribution in [3.8, 4) is 0 Å². The van der Waals surface area contributed by atoms with E-state index >= 15 is 0 Å². The number of halogens is 1. The maximum absolute atomic E-state index is 11.7. The van der Waals surface area contributed by atoms with Crippen LogP contribution in [0.15, 0.2) is 12.1 Å². The van der Waals surface area contributed by atoms with Crippen LogP contribution in [0.1, 0.15) is 23.3 Å². The van der Waals surface area contributed by atoms with Gasteiger partial charge < -0.3 is 10.6 Å². The molecule has 0 radical (unpaired) electrons. The minimum atomic E-state index is -1.01. The summed E-state index contributed by atoms with van der Waals surface area (Å²) < 4.78 is 0. The van der Waals surface area contributed by atoms with E-state index in [1.54, 1.807) is 12.1 Å². The van der Waals surface area contributed by atoms with E-state index in [1.165, 1.54) is 0 Å². The molecule has 1 aromatic rings. The quantitative estimate of drug-likeness (QED) is 0.495. The van der Waals surface area contributed by atoms with Crippen LogP contribution in [-0.2, 0) is 4.79 Å². The van der Waals surface area contributed by atoms with Gasteiger partial charge in [0.15, 0.2) is 0 Å². The lowest BCUT2D eigenvalue weighted by atomic mass is 10.2. The van der Waals surface area contributed by atoms with Crippen LogP contribution in [0.5, 0.6) is 0 Å². The largest absolute Gasteiger partial charge is 0.370 e. The number of Topliss-reactive ketones (excluding diaryl/α,β-unsaturated/α-hetero) is 1. The van der Waals surface area contributed by atoms with Gasteiger partial charge in [-0.1, -0.05) is 11.6 Å². The molecule has 1 fully saturated rings. The van der Waals surface area contributed by atoms with Crippen LogP contribution in [-0.4, -0.2) is 29.8 Å². The molecule has 1 aliphatic rings. The van der Waals surface area contributed by atoms with Crippen LogP contribution in [0.3, 0.4) is 0 Å². The van der Waals surface area contributed by atoms with Gasteiger partial charge in [-0.25, -0.2) is 4.98 Å². The molecule has 1 aromatic heterocycles. The predicted octanol–water partition coefficient (Wildman–Crippen LogP) is 1.00. The Morgan fingerprint density at radius 3 is 2.53 bits per heavy atom. The Bertz CT molecular complexity index is 470. The Morgan fingerprint density at radius 1 is 1.29 bits per heavy atom. The van der Waals surface area contributed by atoms with Crippen LogP contribution < -0.4 is 10.6 Å². The fourth-order valence-electron chi connectivity index (χ4n) is 1.92. The Hall–Kier alpha value is -1.62. The molecule has 1 amide bonds. The fourth-order valence-corrected chi connectivity index (χ4v) is 2.07. The van der Waals surface area contributed by atoms with Crippen molar-refractivity contribution in [3.05, 3.63) is 23.0 Å². The van der Waals surface area contributed by atoms with Crippen molar-refractivity contribution in [2.75, 3.05) is 18.0 Å². The average molecular weight is 254 g/mol. The summed E-state index contributed by atoms with van der Waals surface area (Å²) in [6, 6.07) is 3.31. The van der Waals surface area contributed by atoms with Gasteiger partial charge in [0.2, 0.25) is 0 Å². The van der Waals surface area contributed by atoms with Gasteiger partial charge in [-0.05, 0) is 25.0 Å². The molecule has 0 aromatic carbocycles. The lowest BCUT2D eigenvalue weighted by Crippen LogP contribution is -2.28. The SMILES string of the molecule is NC(=O)C(=O)c1nc(Cl)ccc1N1CCCC1. The van der Waals surface area contributed by atoms with Gasteiger partial charge in [-0.2, -0.15) is 0 Å². The van der Waals surface area contributed by atoms with Crippen molar-refractivity contribution < 1.29 is 9.59 Å². The Morgan fingerprint density at radius 2 is 1.94 bits per heavy atom. The zero-order valence-corrected chi connectivity index (χ0v) is 9.91. The number of anilines is 1. The third-order valence-corrected chi connectivity index (χ3v) is 2.94. The second-order valence-corrected chi connectivity index (χ2v) is 4.28. The Kier molecular flexibility index (Phi) is 3.28. The zero-order valence-electron chi connectivity index (χ0n) is 9.15. The maximum atomic E-state index is 11.7. The number of pyridine rings is 1. The molecule has 0 bridgehead atoms. The highest BCUT2D eigenvalue weighted by Gasteiger charge is 2.24. The number of primary amides is 1. The molecule has 0 unspecified atom stereocenters. The Balaban J connectivity index is 2.43. The highest BCUT2D eigenvalue weighted by molar-refractivity contribution is 6.43. The molecule has 0 aliphatic carbocycles. The molecule has 17 heavy (non-hydrogen) atoms. The van der Waals surface area contributed by atoms with Gasteiger partial charge in [0.25, 0.3) is 11.7 Å². The third-order valence-electron chi connectivity index (χ3n) is 2.73. The Labute approximate surface area is 104 Å². The molecule has 0 saturated carbocycles. The first-order valence-electron chi connectivity index (χ1n) is 5.35. The normalized spacial score (nSPS) is 15.0. The number of hydrogen-bond acceptors (Lipinski definition) is 4. The second kappa shape index (κ2) is 4.71. The molecule has 0 spiro atoms. The van der Waals surface area contributed by atoms with E-state index in [-0.39, 0.29) is 10.8 Å². The highest BCUT2D eigenvalue weighted by atomic mass is 35.5.